The summed E-state index contributed by atoms with van der Waals surface area (Å²) in [6, 6.07) is 18.7. The third-order valence-corrected chi connectivity index (χ3v) is 3.01. The summed E-state index contributed by atoms with van der Waals surface area (Å²) in [4.78, 5) is 0. The standard InChI is InChI=1S/C19H16O2/c1-2-15-21-16-9-14-19(20,17-10-5-3-6-11-17)18-12-7-4-8-13-18/h1,3-8,10-13,20H,15-16H2. The van der Waals surface area contributed by atoms with Crippen molar-refractivity contribution >= 4 is 0 Å². The van der Waals surface area contributed by atoms with Crippen LogP contribution >= 0.6 is 0 Å². The van der Waals surface area contributed by atoms with E-state index in [0.717, 1.165) is 11.1 Å². The first-order valence-corrected chi connectivity index (χ1v) is 6.62. The highest BCUT2D eigenvalue weighted by atomic mass is 16.5. The Bertz CT molecular complexity index is 618. The number of benzene rings is 2. The van der Waals surface area contributed by atoms with Gasteiger partial charge >= 0.3 is 0 Å². The third kappa shape index (κ3) is 3.74. The highest BCUT2D eigenvalue weighted by Gasteiger charge is 2.28. The van der Waals surface area contributed by atoms with Crippen molar-refractivity contribution in [3.05, 3.63) is 71.8 Å². The minimum Gasteiger partial charge on any atom is -0.369 e. The maximum Gasteiger partial charge on any atom is 0.176 e. The molecule has 0 aliphatic rings. The van der Waals surface area contributed by atoms with Crippen molar-refractivity contribution in [3.8, 4) is 24.2 Å². The minimum absolute atomic E-state index is 0.187. The molecule has 0 aliphatic carbocycles. The van der Waals surface area contributed by atoms with E-state index in [1.807, 2.05) is 60.7 Å². The Labute approximate surface area is 125 Å². The fraction of sp³-hybridized carbons (Fsp3) is 0.158. The van der Waals surface area contributed by atoms with Crippen LogP contribution in [0.15, 0.2) is 60.7 Å². The van der Waals surface area contributed by atoms with Crippen molar-refractivity contribution in [3.63, 3.8) is 0 Å². The second-order valence-electron chi connectivity index (χ2n) is 4.44. The van der Waals surface area contributed by atoms with Gasteiger partial charge < -0.3 is 9.84 Å². The summed E-state index contributed by atoms with van der Waals surface area (Å²) in [5.41, 5.74) is 0.0865. The van der Waals surface area contributed by atoms with Gasteiger partial charge in [0.15, 0.2) is 5.60 Å². The molecule has 1 N–H and O–H groups in total. The number of aliphatic hydroxyl groups is 1. The first kappa shape index (κ1) is 14.9. The molecule has 2 aromatic carbocycles. The predicted molar refractivity (Wildman–Crippen MR) is 83.3 cm³/mol. The fourth-order valence-electron chi connectivity index (χ4n) is 1.99. The van der Waals surface area contributed by atoms with Crippen LogP contribution in [0.1, 0.15) is 11.1 Å². The quantitative estimate of drug-likeness (QED) is 0.687. The van der Waals surface area contributed by atoms with Crippen molar-refractivity contribution in [2.75, 3.05) is 13.2 Å². The van der Waals surface area contributed by atoms with Crippen molar-refractivity contribution in [2.24, 2.45) is 0 Å². The molecule has 0 unspecified atom stereocenters. The van der Waals surface area contributed by atoms with Gasteiger partial charge in [-0.05, 0) is 0 Å². The predicted octanol–water partition coefficient (Wildman–Crippen LogP) is 2.58. The molecule has 0 saturated carbocycles. The van der Waals surface area contributed by atoms with Gasteiger partial charge in [-0.1, -0.05) is 78.4 Å². The van der Waals surface area contributed by atoms with Crippen LogP contribution in [0.25, 0.3) is 0 Å². The average molecular weight is 276 g/mol. The van der Waals surface area contributed by atoms with Gasteiger partial charge in [-0.15, -0.1) is 6.42 Å². The molecule has 0 aliphatic heterocycles. The molecular formula is C19H16O2. The smallest absolute Gasteiger partial charge is 0.176 e. The van der Waals surface area contributed by atoms with Crippen molar-refractivity contribution in [1.29, 1.82) is 0 Å². The number of hydrogen-bond donors (Lipinski definition) is 1. The topological polar surface area (TPSA) is 29.5 Å². The largest absolute Gasteiger partial charge is 0.369 e. The first-order valence-electron chi connectivity index (χ1n) is 6.62. The van der Waals surface area contributed by atoms with E-state index in [4.69, 9.17) is 11.2 Å². The lowest BCUT2D eigenvalue weighted by atomic mass is 9.87. The zero-order valence-electron chi connectivity index (χ0n) is 11.6. The summed E-state index contributed by atoms with van der Waals surface area (Å²) in [7, 11) is 0. The molecule has 104 valence electrons. The van der Waals surface area contributed by atoms with E-state index >= 15 is 0 Å². The van der Waals surface area contributed by atoms with Crippen LogP contribution in [0, 0.1) is 24.2 Å². The van der Waals surface area contributed by atoms with Gasteiger partial charge in [0, 0.05) is 11.1 Å². The Hall–Kier alpha value is -2.52. The fourth-order valence-corrected chi connectivity index (χ4v) is 1.99. The maximum absolute atomic E-state index is 11.0. The van der Waals surface area contributed by atoms with E-state index in [0.29, 0.717) is 0 Å². The summed E-state index contributed by atoms with van der Waals surface area (Å²) in [6.07, 6.45) is 5.11. The molecule has 2 heteroatoms. The van der Waals surface area contributed by atoms with Gasteiger partial charge in [0.1, 0.15) is 13.2 Å². The Morgan fingerprint density at radius 1 is 0.905 bits per heavy atom. The van der Waals surface area contributed by atoms with E-state index in [1.54, 1.807) is 0 Å². The number of ether oxygens (including phenoxy) is 1. The number of rotatable bonds is 4. The highest BCUT2D eigenvalue weighted by molar-refractivity contribution is 5.44. The Morgan fingerprint density at radius 2 is 1.43 bits per heavy atom. The van der Waals surface area contributed by atoms with Gasteiger partial charge in [-0.25, -0.2) is 0 Å². The molecule has 0 radical (unpaired) electrons. The molecule has 0 heterocycles. The zero-order valence-corrected chi connectivity index (χ0v) is 11.6. The average Bonchev–Trinajstić information content (AvgIpc) is 2.56. The second kappa shape index (κ2) is 7.31. The summed E-state index contributed by atoms with van der Waals surface area (Å²) < 4.78 is 5.13. The Kier molecular flexibility index (Phi) is 5.18. The Balaban J connectivity index is 2.34. The van der Waals surface area contributed by atoms with Crippen LogP contribution < -0.4 is 0 Å². The van der Waals surface area contributed by atoms with Gasteiger partial charge in [-0.3, -0.25) is 0 Å². The first-order chi connectivity index (χ1) is 10.3. The molecule has 0 fully saturated rings. The lowest BCUT2D eigenvalue weighted by Crippen LogP contribution is -2.25. The summed E-state index contributed by atoms with van der Waals surface area (Å²) in [5, 5.41) is 11.0. The number of terminal acetylenes is 1. The molecule has 21 heavy (non-hydrogen) atoms. The van der Waals surface area contributed by atoms with Gasteiger partial charge in [0.2, 0.25) is 0 Å². The second-order valence-corrected chi connectivity index (χ2v) is 4.44. The molecular weight excluding hydrogens is 260 g/mol. The van der Waals surface area contributed by atoms with E-state index in [2.05, 4.69) is 17.8 Å². The normalized spacial score (nSPS) is 10.3. The lowest BCUT2D eigenvalue weighted by Gasteiger charge is -2.23. The van der Waals surface area contributed by atoms with Crippen LogP contribution in [0.2, 0.25) is 0 Å². The molecule has 0 aromatic heterocycles. The van der Waals surface area contributed by atoms with Crippen molar-refractivity contribution in [2.45, 2.75) is 5.60 Å². The molecule has 2 rings (SSSR count). The molecule has 0 atom stereocenters. The lowest BCUT2D eigenvalue weighted by molar-refractivity contribution is 0.144. The molecule has 0 bridgehead atoms. The maximum atomic E-state index is 11.0. The van der Waals surface area contributed by atoms with E-state index < -0.39 is 5.60 Å². The van der Waals surface area contributed by atoms with Gasteiger partial charge in [0.25, 0.3) is 0 Å². The summed E-state index contributed by atoms with van der Waals surface area (Å²) in [6.45, 7) is 0.399. The monoisotopic (exact) mass is 276 g/mol. The van der Waals surface area contributed by atoms with Crippen LogP contribution in [-0.4, -0.2) is 18.3 Å². The van der Waals surface area contributed by atoms with E-state index in [-0.39, 0.29) is 13.2 Å². The van der Waals surface area contributed by atoms with Crippen molar-refractivity contribution in [1.82, 2.24) is 0 Å². The van der Waals surface area contributed by atoms with E-state index in [1.165, 1.54) is 0 Å². The van der Waals surface area contributed by atoms with Gasteiger partial charge in [-0.2, -0.15) is 0 Å². The zero-order chi connectivity index (χ0) is 15.0. The Morgan fingerprint density at radius 3 is 1.90 bits per heavy atom. The van der Waals surface area contributed by atoms with Gasteiger partial charge in [0.05, 0.1) is 0 Å². The molecule has 2 aromatic rings. The van der Waals surface area contributed by atoms with Crippen LogP contribution in [0.3, 0.4) is 0 Å². The van der Waals surface area contributed by atoms with Crippen LogP contribution in [-0.2, 0) is 10.3 Å². The number of hydrogen-bond acceptors (Lipinski definition) is 2. The highest BCUT2D eigenvalue weighted by Crippen LogP contribution is 2.28. The van der Waals surface area contributed by atoms with E-state index in [9.17, 15) is 5.11 Å². The summed E-state index contributed by atoms with van der Waals surface area (Å²) >= 11 is 0. The molecule has 0 spiro atoms. The summed E-state index contributed by atoms with van der Waals surface area (Å²) in [5.74, 6) is 8.12. The van der Waals surface area contributed by atoms with Crippen molar-refractivity contribution < 1.29 is 9.84 Å². The molecule has 0 saturated heterocycles. The van der Waals surface area contributed by atoms with Crippen LogP contribution in [0.4, 0.5) is 0 Å². The minimum atomic E-state index is -1.36. The molecule has 0 amide bonds. The SMILES string of the molecule is C#CCOCC#CC(O)(c1ccccc1)c1ccccc1. The van der Waals surface area contributed by atoms with Crippen LogP contribution in [0.5, 0.6) is 0 Å². The molecule has 2 nitrogen and oxygen atoms in total. The third-order valence-electron chi connectivity index (χ3n) is 3.01.